The van der Waals surface area contributed by atoms with Gasteiger partial charge in [-0.2, -0.15) is 0 Å². The van der Waals surface area contributed by atoms with Crippen molar-refractivity contribution in [3.63, 3.8) is 0 Å². The molecule has 5 N–H and O–H groups in total. The normalized spacial score (nSPS) is 23.9. The van der Waals surface area contributed by atoms with Gasteiger partial charge < -0.3 is 30.5 Å². The summed E-state index contributed by atoms with van der Waals surface area (Å²) in [6.45, 7) is 1.99. The Morgan fingerprint density at radius 3 is 2.37 bits per heavy atom. The van der Waals surface area contributed by atoms with Gasteiger partial charge in [0.05, 0.1) is 19.3 Å². The van der Waals surface area contributed by atoms with Gasteiger partial charge in [-0.15, -0.1) is 5.10 Å². The maximum Gasteiger partial charge on any atom is 0.187 e. The summed E-state index contributed by atoms with van der Waals surface area (Å²) in [5.74, 6) is -0.0716. The van der Waals surface area contributed by atoms with Crippen LogP contribution in [0.1, 0.15) is 87.0 Å². The third-order valence-electron chi connectivity index (χ3n) is 6.85. The van der Waals surface area contributed by atoms with Crippen LogP contribution in [-0.2, 0) is 11.3 Å². The molecule has 10 heteroatoms. The van der Waals surface area contributed by atoms with Gasteiger partial charge in [0.25, 0.3) is 0 Å². The van der Waals surface area contributed by atoms with Crippen molar-refractivity contribution in [2.45, 2.75) is 102 Å². The lowest BCUT2D eigenvalue weighted by molar-refractivity contribution is -0.254. The van der Waals surface area contributed by atoms with E-state index in [1.807, 2.05) is 18.2 Å². The number of benzene rings is 1. The van der Waals surface area contributed by atoms with Gasteiger partial charge in [-0.3, -0.25) is 4.79 Å². The molecule has 1 aromatic heterocycles. The van der Waals surface area contributed by atoms with E-state index >= 15 is 0 Å². The zero-order valence-electron chi connectivity index (χ0n) is 22.2. The van der Waals surface area contributed by atoms with Crippen LogP contribution in [0, 0.1) is 0 Å². The summed E-state index contributed by atoms with van der Waals surface area (Å²) in [4.78, 5) is 12.8. The molecule has 0 amide bonds. The van der Waals surface area contributed by atoms with E-state index in [9.17, 15) is 25.2 Å². The second kappa shape index (κ2) is 15.7. The zero-order chi connectivity index (χ0) is 27.3. The molecule has 1 saturated heterocycles. The first-order valence-electron chi connectivity index (χ1n) is 13.7. The average molecular weight is 531 g/mol. The molecule has 5 atom stereocenters. The summed E-state index contributed by atoms with van der Waals surface area (Å²) in [6.07, 6.45) is 6.96. The van der Waals surface area contributed by atoms with E-state index < -0.39 is 37.3 Å². The third-order valence-corrected chi connectivity index (χ3v) is 6.85. The highest BCUT2D eigenvalue weighted by atomic mass is 16.6. The van der Waals surface area contributed by atoms with Crippen LogP contribution in [0.3, 0.4) is 0 Å². The van der Waals surface area contributed by atoms with E-state index in [4.69, 9.17) is 4.74 Å². The molecular formula is C28H42N4O6. The standard InChI is InChI=1S/C28H42N4O6/c1-2-3-4-5-6-7-8-12-15-21(16-23(34)20-13-10-9-11-14-20)29-17-22-18-32(31-30-22)28-27(37)26(36)25(35)24(19-33)38-28/h9-11,13-14,16,18,24-29,33,35-37H,2-8,12,15,17,19H2,1H3/t24-,25-,26+,27-,28-/m1/s1. The van der Waals surface area contributed by atoms with Crippen molar-refractivity contribution in [1.29, 1.82) is 0 Å². The highest BCUT2D eigenvalue weighted by Crippen LogP contribution is 2.27. The highest BCUT2D eigenvalue weighted by molar-refractivity contribution is 6.04. The molecule has 0 unspecified atom stereocenters. The van der Waals surface area contributed by atoms with Crippen molar-refractivity contribution in [2.75, 3.05) is 6.61 Å². The van der Waals surface area contributed by atoms with E-state index in [2.05, 4.69) is 22.6 Å². The molecule has 0 bridgehead atoms. The quantitative estimate of drug-likeness (QED) is 0.125. The van der Waals surface area contributed by atoms with Crippen LogP contribution >= 0.6 is 0 Å². The summed E-state index contributed by atoms with van der Waals surface area (Å²) in [5.41, 5.74) is 1.97. The predicted octanol–water partition coefficient (Wildman–Crippen LogP) is 2.64. The van der Waals surface area contributed by atoms with Crippen LogP contribution in [-0.4, -0.2) is 72.2 Å². The first kappa shape index (κ1) is 29.9. The first-order chi connectivity index (χ1) is 18.4. The van der Waals surface area contributed by atoms with Crippen LogP contribution in [0.25, 0.3) is 0 Å². The molecule has 1 aliphatic rings. The zero-order valence-corrected chi connectivity index (χ0v) is 22.2. The van der Waals surface area contributed by atoms with Crippen molar-refractivity contribution in [3.8, 4) is 0 Å². The Bertz CT molecular complexity index is 996. The molecule has 3 rings (SSSR count). The lowest BCUT2D eigenvalue weighted by Gasteiger charge is -2.39. The number of unbranched alkanes of at least 4 members (excludes halogenated alkanes) is 7. The number of carbonyl (C=O) groups excluding carboxylic acids is 1. The number of hydrogen-bond donors (Lipinski definition) is 5. The minimum atomic E-state index is -1.50. The number of ether oxygens (including phenoxy) is 1. The van der Waals surface area contributed by atoms with Crippen LogP contribution < -0.4 is 5.32 Å². The van der Waals surface area contributed by atoms with Crippen molar-refractivity contribution in [1.82, 2.24) is 20.3 Å². The number of aliphatic hydroxyl groups is 4. The predicted molar refractivity (Wildman–Crippen MR) is 142 cm³/mol. The van der Waals surface area contributed by atoms with Gasteiger partial charge in [-0.05, 0) is 12.8 Å². The lowest BCUT2D eigenvalue weighted by Crippen LogP contribution is -2.56. The summed E-state index contributed by atoms with van der Waals surface area (Å²) < 4.78 is 6.80. The maximum atomic E-state index is 12.8. The number of allylic oxidation sites excluding steroid dienone is 2. The number of ketones is 1. The number of carbonyl (C=O) groups is 1. The number of aliphatic hydroxyl groups excluding tert-OH is 4. The SMILES string of the molecule is CCCCCCCCCCC(=CC(=O)c1ccccc1)NCc1cn([C@@H]2O[C@H](CO)[C@@H](O)[C@H](O)[C@H]2O)nn1. The van der Waals surface area contributed by atoms with E-state index in [1.54, 1.807) is 24.4 Å². The van der Waals surface area contributed by atoms with Gasteiger partial charge >= 0.3 is 0 Å². The van der Waals surface area contributed by atoms with Gasteiger partial charge in [0.2, 0.25) is 0 Å². The fourth-order valence-electron chi connectivity index (χ4n) is 4.53. The van der Waals surface area contributed by atoms with Gasteiger partial charge in [0.1, 0.15) is 30.1 Å². The first-order valence-corrected chi connectivity index (χ1v) is 13.7. The summed E-state index contributed by atoms with van der Waals surface area (Å²) >= 11 is 0. The second-order valence-corrected chi connectivity index (χ2v) is 9.89. The van der Waals surface area contributed by atoms with Crippen molar-refractivity contribution in [3.05, 3.63) is 59.6 Å². The smallest absolute Gasteiger partial charge is 0.187 e. The lowest BCUT2D eigenvalue weighted by atomic mass is 9.98. The Labute approximate surface area is 224 Å². The van der Waals surface area contributed by atoms with Gasteiger partial charge in [0.15, 0.2) is 12.0 Å². The largest absolute Gasteiger partial charge is 0.394 e. The molecule has 0 aliphatic carbocycles. The van der Waals surface area contributed by atoms with Crippen LogP contribution in [0.15, 0.2) is 48.3 Å². The molecule has 1 fully saturated rings. The van der Waals surface area contributed by atoms with Crippen molar-refractivity contribution < 1.29 is 30.0 Å². The molecule has 1 aliphatic heterocycles. The number of nitrogens with zero attached hydrogens (tertiary/aromatic N) is 3. The van der Waals surface area contributed by atoms with E-state index in [-0.39, 0.29) is 5.78 Å². The molecule has 210 valence electrons. The molecule has 38 heavy (non-hydrogen) atoms. The summed E-state index contributed by atoms with van der Waals surface area (Å²) in [5, 5.41) is 51.2. The Morgan fingerprint density at radius 1 is 1.00 bits per heavy atom. The Kier molecular flexibility index (Phi) is 12.4. The molecule has 2 aromatic rings. The molecular weight excluding hydrogens is 488 g/mol. The number of nitrogens with one attached hydrogen (secondary N) is 1. The molecule has 0 spiro atoms. The fourth-order valence-corrected chi connectivity index (χ4v) is 4.53. The average Bonchev–Trinajstić information content (AvgIpc) is 3.41. The van der Waals surface area contributed by atoms with Crippen LogP contribution in [0.4, 0.5) is 0 Å². The maximum absolute atomic E-state index is 12.8. The third kappa shape index (κ3) is 8.71. The number of aromatic nitrogens is 3. The monoisotopic (exact) mass is 530 g/mol. The van der Waals surface area contributed by atoms with Crippen molar-refractivity contribution >= 4 is 5.78 Å². The van der Waals surface area contributed by atoms with E-state index in [0.717, 1.165) is 25.0 Å². The summed E-state index contributed by atoms with van der Waals surface area (Å²) in [7, 11) is 0. The van der Waals surface area contributed by atoms with Crippen LogP contribution in [0.5, 0.6) is 0 Å². The second-order valence-electron chi connectivity index (χ2n) is 9.89. The molecule has 10 nitrogen and oxygen atoms in total. The summed E-state index contributed by atoms with van der Waals surface area (Å²) in [6, 6.07) is 9.13. The molecule has 2 heterocycles. The van der Waals surface area contributed by atoms with Crippen LogP contribution in [0.2, 0.25) is 0 Å². The molecule has 0 saturated carbocycles. The molecule has 1 aromatic carbocycles. The minimum absolute atomic E-state index is 0.0716. The topological polar surface area (TPSA) is 150 Å². The fraction of sp³-hybridized carbons (Fsp3) is 0.607. The number of hydrogen-bond acceptors (Lipinski definition) is 9. The van der Waals surface area contributed by atoms with E-state index in [0.29, 0.717) is 17.8 Å². The Morgan fingerprint density at radius 2 is 1.68 bits per heavy atom. The highest BCUT2D eigenvalue weighted by Gasteiger charge is 2.44. The Balaban J connectivity index is 1.59. The Hall–Kier alpha value is -2.63. The van der Waals surface area contributed by atoms with Gasteiger partial charge in [-0.25, -0.2) is 4.68 Å². The van der Waals surface area contributed by atoms with Gasteiger partial charge in [-0.1, -0.05) is 87.4 Å². The minimum Gasteiger partial charge on any atom is -0.394 e. The van der Waals surface area contributed by atoms with Gasteiger partial charge in [0, 0.05) is 17.3 Å². The molecule has 0 radical (unpaired) electrons. The number of rotatable bonds is 16. The van der Waals surface area contributed by atoms with E-state index in [1.165, 1.54) is 43.2 Å². The van der Waals surface area contributed by atoms with Crippen molar-refractivity contribution in [2.24, 2.45) is 0 Å².